The molecule has 1 aromatic heterocycles. The molecule has 0 atom stereocenters. The van der Waals surface area contributed by atoms with Crippen LogP contribution in [0.2, 0.25) is 0 Å². The number of nitrogen functional groups attached to an aromatic ring is 1. The van der Waals surface area contributed by atoms with E-state index in [1.54, 1.807) is 0 Å². The second kappa shape index (κ2) is 17.1. The largest absolute Gasteiger partial charge is 0.396 e. The minimum absolute atomic E-state index is 0.0480. The van der Waals surface area contributed by atoms with Gasteiger partial charge in [0.25, 0.3) is 5.91 Å². The predicted molar refractivity (Wildman–Crippen MR) is 119 cm³/mol. The van der Waals surface area contributed by atoms with Crippen molar-refractivity contribution in [2.24, 2.45) is 0 Å². The zero-order chi connectivity index (χ0) is 24.4. The van der Waals surface area contributed by atoms with Crippen molar-refractivity contribution in [3.8, 4) is 0 Å². The topological polar surface area (TPSA) is 138 Å². The molecule has 0 radical (unpaired) electrons. The van der Waals surface area contributed by atoms with E-state index in [2.05, 4.69) is 28.7 Å². The maximum atomic E-state index is 11.9. The number of nitrogens with two attached hydrogens (primary N) is 1. The second-order valence-electron chi connectivity index (χ2n) is 6.38. The first-order chi connectivity index (χ1) is 14.6. The summed E-state index contributed by atoms with van der Waals surface area (Å²) >= 11 is 0. The number of hydrogen-bond acceptors (Lipinski definition) is 6. The van der Waals surface area contributed by atoms with Gasteiger partial charge in [0.1, 0.15) is 18.7 Å². The average molecular weight is 466 g/mol. The van der Waals surface area contributed by atoms with E-state index < -0.39 is 16.7 Å². The molecule has 1 amide bonds. The fraction of sp³-hybridized carbons (Fsp3) is 0.526. The molecular weight excluding hydrogens is 432 g/mol. The highest BCUT2D eigenvalue weighted by atomic mass is 32.2. The Labute approximate surface area is 182 Å². The van der Waals surface area contributed by atoms with E-state index in [1.807, 2.05) is 6.92 Å². The highest BCUT2D eigenvalue weighted by Crippen LogP contribution is 2.14. The van der Waals surface area contributed by atoms with Gasteiger partial charge in [-0.1, -0.05) is 18.2 Å². The first-order valence-electron chi connectivity index (χ1n) is 9.24. The predicted octanol–water partition coefficient (Wildman–Crippen LogP) is 2.02. The number of nitrogens with zero attached hydrogens (tertiary/aromatic N) is 2. The first-order valence-corrected chi connectivity index (χ1v) is 11.1. The molecule has 2 heterocycles. The first kappa shape index (κ1) is 30.6. The highest BCUT2D eigenvalue weighted by Gasteiger charge is 2.26. The van der Waals surface area contributed by atoms with Crippen molar-refractivity contribution in [3.63, 3.8) is 0 Å². The molecule has 0 spiro atoms. The van der Waals surface area contributed by atoms with Crippen LogP contribution in [0.1, 0.15) is 36.7 Å². The van der Waals surface area contributed by atoms with Gasteiger partial charge in [-0.15, -0.1) is 6.58 Å². The Balaban J connectivity index is 0. The van der Waals surface area contributed by atoms with Gasteiger partial charge < -0.3 is 15.8 Å². The molecule has 178 valence electrons. The number of aromatic nitrogens is 2. The third-order valence-corrected chi connectivity index (χ3v) is 5.00. The van der Waals surface area contributed by atoms with Crippen LogP contribution < -0.4 is 11.1 Å². The third kappa shape index (κ3) is 14.1. The zero-order valence-corrected chi connectivity index (χ0v) is 19.1. The number of rotatable bonds is 6. The van der Waals surface area contributed by atoms with Crippen LogP contribution in [0, 0.1) is 0 Å². The summed E-state index contributed by atoms with van der Waals surface area (Å²) in [6.45, 7) is 8.87. The number of H-pyrrole nitrogens is 1. The Hall–Kier alpha value is -2.60. The van der Waals surface area contributed by atoms with Crippen LogP contribution in [-0.2, 0) is 14.8 Å². The van der Waals surface area contributed by atoms with Crippen LogP contribution in [-0.4, -0.2) is 74.4 Å². The smallest absolute Gasteiger partial charge is 0.271 e. The van der Waals surface area contributed by atoms with E-state index in [4.69, 9.17) is 5.73 Å². The van der Waals surface area contributed by atoms with E-state index in [1.165, 1.54) is 22.8 Å². The molecular formula is C19H33F2N5O4S. The number of nitrogens with one attached hydrogen (secondary N) is 2. The van der Waals surface area contributed by atoms with Crippen molar-refractivity contribution < 1.29 is 26.8 Å². The van der Waals surface area contributed by atoms with Gasteiger partial charge in [-0.25, -0.2) is 17.1 Å². The summed E-state index contributed by atoms with van der Waals surface area (Å²) in [5, 5.41) is 9.04. The maximum Gasteiger partial charge on any atom is 0.271 e. The van der Waals surface area contributed by atoms with Gasteiger partial charge >= 0.3 is 0 Å². The second-order valence-corrected chi connectivity index (χ2v) is 8.36. The molecule has 0 saturated carbocycles. The molecule has 0 unspecified atom stereocenters. The molecule has 0 bridgehead atoms. The van der Waals surface area contributed by atoms with Gasteiger partial charge in [0.2, 0.25) is 10.0 Å². The van der Waals surface area contributed by atoms with Crippen LogP contribution in [0.25, 0.3) is 0 Å². The van der Waals surface area contributed by atoms with Gasteiger partial charge in [0.15, 0.2) is 0 Å². The van der Waals surface area contributed by atoms with Crippen LogP contribution >= 0.6 is 0 Å². The molecule has 1 saturated heterocycles. The number of hydrogen-bond donors (Lipinski definition) is 3. The quantitative estimate of drug-likeness (QED) is 0.434. The molecule has 1 aliphatic rings. The number of anilines is 1. The molecule has 1 fully saturated rings. The number of allylic oxidation sites excluding steroid dienone is 2. The van der Waals surface area contributed by atoms with E-state index in [0.717, 1.165) is 11.9 Å². The van der Waals surface area contributed by atoms with Gasteiger partial charge in [-0.3, -0.25) is 14.3 Å². The van der Waals surface area contributed by atoms with Crippen molar-refractivity contribution in [1.82, 2.24) is 19.8 Å². The lowest BCUT2D eigenvalue weighted by molar-refractivity contribution is -0.107. The van der Waals surface area contributed by atoms with Crippen LogP contribution in [0.5, 0.6) is 0 Å². The van der Waals surface area contributed by atoms with Crippen LogP contribution in [0.4, 0.5) is 14.5 Å². The zero-order valence-electron chi connectivity index (χ0n) is 18.2. The van der Waals surface area contributed by atoms with Crippen molar-refractivity contribution in [2.45, 2.75) is 32.2 Å². The molecule has 2 rings (SSSR count). The number of carbonyl (C=O) groups excluding carboxylic acids is 2. The van der Waals surface area contributed by atoms with Gasteiger partial charge in [-0.2, -0.15) is 5.10 Å². The molecule has 0 aromatic carbocycles. The van der Waals surface area contributed by atoms with Crippen molar-refractivity contribution in [2.75, 3.05) is 38.9 Å². The van der Waals surface area contributed by atoms with Gasteiger partial charge in [0.05, 0.1) is 25.3 Å². The number of aromatic amines is 1. The fourth-order valence-electron chi connectivity index (χ4n) is 2.21. The number of alkyl halides is 2. The highest BCUT2D eigenvalue weighted by molar-refractivity contribution is 7.88. The summed E-state index contributed by atoms with van der Waals surface area (Å²) in [5.74, 6) is -0.312. The summed E-state index contributed by atoms with van der Waals surface area (Å²) in [7, 11) is -2.64. The molecule has 1 aliphatic heterocycles. The molecule has 0 aliphatic carbocycles. The van der Waals surface area contributed by atoms with Crippen LogP contribution in [0.15, 0.2) is 31.0 Å². The number of halogens is 2. The molecule has 31 heavy (non-hydrogen) atoms. The Morgan fingerprint density at radius 2 is 1.94 bits per heavy atom. The van der Waals surface area contributed by atoms with Gasteiger partial charge in [-0.05, 0) is 19.8 Å². The summed E-state index contributed by atoms with van der Waals surface area (Å²) < 4.78 is 44.2. The average Bonchev–Trinajstić information content (AvgIpc) is 3.16. The third-order valence-electron chi connectivity index (χ3n) is 3.69. The lowest BCUT2D eigenvalue weighted by Gasteiger charge is -2.30. The van der Waals surface area contributed by atoms with E-state index >= 15 is 0 Å². The van der Waals surface area contributed by atoms with E-state index in [0.29, 0.717) is 45.2 Å². The Kier molecular flexibility index (Phi) is 16.9. The normalized spacial score (nSPS) is 13.7. The molecule has 12 heteroatoms. The summed E-state index contributed by atoms with van der Waals surface area (Å²) in [6, 6.07) is -0.0480. The Morgan fingerprint density at radius 1 is 1.42 bits per heavy atom. The van der Waals surface area contributed by atoms with E-state index in [-0.39, 0.29) is 17.6 Å². The SMILES string of the molecule is C=C(C)CC=O.C=CCF.CF.CS(=O)(=O)N1CCC(NC(=O)c2[nH]ncc2N)CC1. The van der Waals surface area contributed by atoms with Crippen molar-refractivity contribution in [1.29, 1.82) is 0 Å². The maximum absolute atomic E-state index is 11.9. The standard InChI is InChI=1S/C10H17N5O3S.C5H8O.C3H5F.CH3F/c1-19(17,18)15-4-2-7(3-5-15)13-10(16)9-8(11)6-12-14-9;1-5(2)3-4-6;1-2-3-4;1-2/h6-7H,2-5,11H2,1H3,(H,12,14)(H,13,16);4H,1,3H2,2H3;2H,1,3H2;1H3. The van der Waals surface area contributed by atoms with Crippen molar-refractivity contribution >= 4 is 27.9 Å². The summed E-state index contributed by atoms with van der Waals surface area (Å²) in [4.78, 5) is 21.4. The number of sulfonamides is 1. The Morgan fingerprint density at radius 3 is 2.23 bits per heavy atom. The minimum Gasteiger partial charge on any atom is -0.396 e. The molecule has 9 nitrogen and oxygen atoms in total. The van der Waals surface area contributed by atoms with Crippen LogP contribution in [0.3, 0.4) is 0 Å². The fourth-order valence-corrected chi connectivity index (χ4v) is 3.08. The number of amides is 1. The number of piperidine rings is 1. The van der Waals surface area contributed by atoms with Crippen molar-refractivity contribution in [3.05, 3.63) is 36.7 Å². The monoisotopic (exact) mass is 465 g/mol. The number of aldehydes is 1. The number of carbonyl (C=O) groups is 2. The summed E-state index contributed by atoms with van der Waals surface area (Å²) in [5.41, 5.74) is 7.04. The van der Waals surface area contributed by atoms with Gasteiger partial charge in [0, 0.05) is 25.6 Å². The lowest BCUT2D eigenvalue weighted by atomic mass is 10.1. The summed E-state index contributed by atoms with van der Waals surface area (Å²) in [6.07, 6.45) is 6.31. The molecule has 4 N–H and O–H groups in total. The minimum atomic E-state index is -3.14. The lowest BCUT2D eigenvalue weighted by Crippen LogP contribution is -2.46. The molecule has 1 aromatic rings. The Bertz CT molecular complexity index is 776. The van der Waals surface area contributed by atoms with E-state index in [9.17, 15) is 26.8 Å².